The van der Waals surface area contributed by atoms with E-state index in [9.17, 15) is 14.4 Å². The Morgan fingerprint density at radius 2 is 0.571 bits per heavy atom. The Morgan fingerprint density at radius 1 is 0.317 bits per heavy atom. The Bertz CT molecular complexity index is 1110. The van der Waals surface area contributed by atoms with Crippen LogP contribution in [0.4, 0.5) is 0 Å². The fourth-order valence-corrected chi connectivity index (χ4v) is 7.64. The zero-order valence-electron chi connectivity index (χ0n) is 41.8. The number of hydrogen-bond acceptors (Lipinski definition) is 6. The molecule has 0 unspecified atom stereocenters. The standard InChI is InChI=1S/C57H102O6/c1-4-7-10-13-16-19-22-25-27-28-30-33-35-38-41-44-47-50-56(59)62-53-54(63-57(60)51-48-45-42-39-36-31-24-21-18-15-12-9-6-3)52-61-55(58)49-46-43-40-37-34-32-29-26-23-20-17-14-11-8-5-2/h16,19,21,24-27,29,54H,4-15,17-18,20,22-23,28,30-53H2,1-3H3/b19-16-,24-21-,27-25-,29-26-/t54-/m0/s1. The van der Waals surface area contributed by atoms with Gasteiger partial charge in [0.15, 0.2) is 6.10 Å². The van der Waals surface area contributed by atoms with Crippen molar-refractivity contribution in [2.24, 2.45) is 0 Å². The van der Waals surface area contributed by atoms with Gasteiger partial charge in [-0.05, 0) is 103 Å². The molecule has 0 amide bonds. The Kier molecular flexibility index (Phi) is 49.8. The molecule has 0 aromatic carbocycles. The normalized spacial score (nSPS) is 12.4. The van der Waals surface area contributed by atoms with Crippen molar-refractivity contribution < 1.29 is 28.6 Å². The molecule has 1 atom stereocenters. The van der Waals surface area contributed by atoms with Crippen LogP contribution in [0, 0.1) is 0 Å². The number of carbonyl (C=O) groups excluding carboxylic acids is 3. The zero-order valence-corrected chi connectivity index (χ0v) is 41.8. The quantitative estimate of drug-likeness (QED) is 0.0262. The molecular weight excluding hydrogens is 781 g/mol. The molecule has 0 radical (unpaired) electrons. The summed E-state index contributed by atoms with van der Waals surface area (Å²) in [6.07, 6.45) is 62.3. The number of hydrogen-bond donors (Lipinski definition) is 0. The summed E-state index contributed by atoms with van der Waals surface area (Å²) in [5.74, 6) is -0.898. The second kappa shape index (κ2) is 52.0. The van der Waals surface area contributed by atoms with Crippen LogP contribution in [-0.4, -0.2) is 37.2 Å². The molecule has 0 fully saturated rings. The molecule has 6 heteroatoms. The Hall–Kier alpha value is -2.63. The van der Waals surface area contributed by atoms with Crippen LogP contribution < -0.4 is 0 Å². The van der Waals surface area contributed by atoms with Gasteiger partial charge in [-0.25, -0.2) is 0 Å². The molecule has 0 aromatic heterocycles. The molecule has 0 heterocycles. The first-order valence-corrected chi connectivity index (χ1v) is 27.1. The molecule has 366 valence electrons. The van der Waals surface area contributed by atoms with E-state index in [1.54, 1.807) is 0 Å². The fourth-order valence-electron chi connectivity index (χ4n) is 7.64. The first-order chi connectivity index (χ1) is 31.0. The van der Waals surface area contributed by atoms with Gasteiger partial charge in [-0.3, -0.25) is 14.4 Å². The Labute approximate surface area is 390 Å². The van der Waals surface area contributed by atoms with Gasteiger partial charge in [-0.1, -0.05) is 204 Å². The van der Waals surface area contributed by atoms with Gasteiger partial charge in [0.1, 0.15) is 13.2 Å². The highest BCUT2D eigenvalue weighted by atomic mass is 16.6. The van der Waals surface area contributed by atoms with Gasteiger partial charge in [0.05, 0.1) is 0 Å². The first-order valence-electron chi connectivity index (χ1n) is 27.1. The van der Waals surface area contributed by atoms with Crippen molar-refractivity contribution in [3.63, 3.8) is 0 Å². The maximum atomic E-state index is 12.8. The minimum absolute atomic E-state index is 0.0823. The minimum atomic E-state index is -0.782. The summed E-state index contributed by atoms with van der Waals surface area (Å²) in [7, 11) is 0. The van der Waals surface area contributed by atoms with E-state index in [4.69, 9.17) is 14.2 Å². The van der Waals surface area contributed by atoms with Crippen molar-refractivity contribution in [3.8, 4) is 0 Å². The van der Waals surface area contributed by atoms with E-state index < -0.39 is 6.10 Å². The molecule has 0 saturated carbocycles. The third-order valence-corrected chi connectivity index (χ3v) is 11.8. The van der Waals surface area contributed by atoms with Crippen molar-refractivity contribution in [3.05, 3.63) is 48.6 Å². The van der Waals surface area contributed by atoms with Crippen molar-refractivity contribution in [1.82, 2.24) is 0 Å². The lowest BCUT2D eigenvalue weighted by Crippen LogP contribution is -2.30. The van der Waals surface area contributed by atoms with E-state index in [-0.39, 0.29) is 31.1 Å². The largest absolute Gasteiger partial charge is 0.462 e. The number of rotatable bonds is 49. The number of esters is 3. The van der Waals surface area contributed by atoms with E-state index in [2.05, 4.69) is 69.4 Å². The Morgan fingerprint density at radius 3 is 0.937 bits per heavy atom. The van der Waals surface area contributed by atoms with Crippen molar-refractivity contribution in [2.75, 3.05) is 13.2 Å². The lowest BCUT2D eigenvalue weighted by atomic mass is 10.1. The summed E-state index contributed by atoms with van der Waals surface area (Å²) < 4.78 is 16.8. The van der Waals surface area contributed by atoms with E-state index in [0.717, 1.165) is 89.9 Å². The highest BCUT2D eigenvalue weighted by Crippen LogP contribution is 2.14. The second-order valence-electron chi connectivity index (χ2n) is 18.1. The third kappa shape index (κ3) is 50.2. The molecule has 0 aliphatic carbocycles. The lowest BCUT2D eigenvalue weighted by Gasteiger charge is -2.18. The Balaban J connectivity index is 4.38. The number of carbonyl (C=O) groups is 3. The second-order valence-corrected chi connectivity index (χ2v) is 18.1. The first kappa shape index (κ1) is 60.4. The smallest absolute Gasteiger partial charge is 0.306 e. The third-order valence-electron chi connectivity index (χ3n) is 11.8. The maximum Gasteiger partial charge on any atom is 0.306 e. The fraction of sp³-hybridized carbons (Fsp3) is 0.807. The monoisotopic (exact) mass is 883 g/mol. The highest BCUT2D eigenvalue weighted by molar-refractivity contribution is 5.71. The molecule has 0 saturated heterocycles. The van der Waals surface area contributed by atoms with Crippen molar-refractivity contribution in [1.29, 1.82) is 0 Å². The summed E-state index contributed by atoms with van der Waals surface area (Å²) >= 11 is 0. The van der Waals surface area contributed by atoms with Crippen LogP contribution in [0.2, 0.25) is 0 Å². The predicted molar refractivity (Wildman–Crippen MR) is 270 cm³/mol. The average molecular weight is 883 g/mol. The van der Waals surface area contributed by atoms with Gasteiger partial charge in [0.2, 0.25) is 0 Å². The SMILES string of the molecule is CCCCC/C=C\C/C=C\CCCCCCCCCC(=O)OC[C@H](COC(=O)CCCCCCC/C=C\CCCCCCCC)OC(=O)CCCCCCC/C=C\CCCCCC. The topological polar surface area (TPSA) is 78.9 Å². The van der Waals surface area contributed by atoms with E-state index in [1.165, 1.54) is 148 Å². The molecule has 0 aliphatic rings. The summed E-state index contributed by atoms with van der Waals surface area (Å²) in [6, 6.07) is 0. The average Bonchev–Trinajstić information content (AvgIpc) is 3.28. The van der Waals surface area contributed by atoms with Gasteiger partial charge < -0.3 is 14.2 Å². The molecule has 0 N–H and O–H groups in total. The summed E-state index contributed by atoms with van der Waals surface area (Å²) in [4.78, 5) is 38.0. The van der Waals surface area contributed by atoms with Crippen LogP contribution in [0.15, 0.2) is 48.6 Å². The highest BCUT2D eigenvalue weighted by Gasteiger charge is 2.19. The number of ether oxygens (including phenoxy) is 3. The van der Waals surface area contributed by atoms with Crippen LogP contribution in [0.25, 0.3) is 0 Å². The summed E-state index contributed by atoms with van der Waals surface area (Å²) in [6.45, 7) is 6.59. The zero-order chi connectivity index (χ0) is 45.8. The van der Waals surface area contributed by atoms with Gasteiger partial charge in [0.25, 0.3) is 0 Å². The van der Waals surface area contributed by atoms with Gasteiger partial charge >= 0.3 is 17.9 Å². The van der Waals surface area contributed by atoms with Gasteiger partial charge in [0, 0.05) is 19.3 Å². The van der Waals surface area contributed by atoms with Crippen LogP contribution in [0.3, 0.4) is 0 Å². The van der Waals surface area contributed by atoms with Gasteiger partial charge in [-0.2, -0.15) is 0 Å². The molecular formula is C57H102O6. The van der Waals surface area contributed by atoms with E-state index in [1.807, 2.05) is 0 Å². The molecule has 0 aliphatic heterocycles. The molecule has 0 spiro atoms. The molecule has 0 aromatic rings. The van der Waals surface area contributed by atoms with Crippen LogP contribution in [0.1, 0.15) is 278 Å². The molecule has 0 rings (SSSR count). The molecule has 63 heavy (non-hydrogen) atoms. The van der Waals surface area contributed by atoms with Crippen LogP contribution in [0.5, 0.6) is 0 Å². The minimum Gasteiger partial charge on any atom is -0.462 e. The molecule has 6 nitrogen and oxygen atoms in total. The van der Waals surface area contributed by atoms with Crippen molar-refractivity contribution in [2.45, 2.75) is 284 Å². The van der Waals surface area contributed by atoms with E-state index in [0.29, 0.717) is 19.3 Å². The lowest BCUT2D eigenvalue weighted by molar-refractivity contribution is -0.167. The summed E-state index contributed by atoms with van der Waals surface area (Å²) in [5, 5.41) is 0. The summed E-state index contributed by atoms with van der Waals surface area (Å²) in [5.41, 5.74) is 0. The number of unbranched alkanes of at least 4 members (excludes halogenated alkanes) is 30. The van der Waals surface area contributed by atoms with E-state index >= 15 is 0 Å². The van der Waals surface area contributed by atoms with Gasteiger partial charge in [-0.15, -0.1) is 0 Å². The maximum absolute atomic E-state index is 12.8. The van der Waals surface area contributed by atoms with Crippen LogP contribution >= 0.6 is 0 Å². The van der Waals surface area contributed by atoms with Crippen LogP contribution in [-0.2, 0) is 28.6 Å². The number of allylic oxidation sites excluding steroid dienone is 8. The predicted octanol–water partition coefficient (Wildman–Crippen LogP) is 17.9. The van der Waals surface area contributed by atoms with Crippen molar-refractivity contribution >= 4 is 17.9 Å². The molecule has 0 bridgehead atoms.